The number of alkyl halides is 3. The SMILES string of the molecule is COC(=O)C(NC(=O)OC(C)(C)C)(c1c(-c2ccc(OC)cc2)c2cc(OC)ccc2[nH]c1=O)C(F)(F)F. The van der Waals surface area contributed by atoms with Gasteiger partial charge in [0.15, 0.2) is 0 Å². The van der Waals surface area contributed by atoms with E-state index in [0.29, 0.717) is 12.9 Å². The van der Waals surface area contributed by atoms with Crippen molar-refractivity contribution in [3.63, 3.8) is 0 Å². The first kappa shape index (κ1) is 28.4. The van der Waals surface area contributed by atoms with Gasteiger partial charge < -0.3 is 23.9 Å². The maximum absolute atomic E-state index is 15.1. The molecule has 1 atom stereocenters. The maximum Gasteiger partial charge on any atom is 0.427 e. The minimum Gasteiger partial charge on any atom is -0.497 e. The van der Waals surface area contributed by atoms with E-state index in [9.17, 15) is 14.4 Å². The molecule has 3 rings (SSSR count). The Morgan fingerprint density at radius 1 is 0.895 bits per heavy atom. The van der Waals surface area contributed by atoms with Crippen LogP contribution in [0.5, 0.6) is 11.5 Å². The summed E-state index contributed by atoms with van der Waals surface area (Å²) in [6.07, 6.45) is -7.15. The van der Waals surface area contributed by atoms with Crippen LogP contribution in [0.15, 0.2) is 47.3 Å². The lowest BCUT2D eigenvalue weighted by molar-refractivity contribution is -0.214. The van der Waals surface area contributed by atoms with Crippen LogP contribution in [0.25, 0.3) is 22.0 Å². The Morgan fingerprint density at radius 2 is 1.47 bits per heavy atom. The van der Waals surface area contributed by atoms with Gasteiger partial charge in [-0.3, -0.25) is 10.1 Å². The van der Waals surface area contributed by atoms with Gasteiger partial charge >= 0.3 is 18.2 Å². The number of hydrogen-bond acceptors (Lipinski definition) is 7. The average Bonchev–Trinajstić information content (AvgIpc) is 2.84. The Kier molecular flexibility index (Phi) is 7.66. The highest BCUT2D eigenvalue weighted by molar-refractivity contribution is 6.01. The lowest BCUT2D eigenvalue weighted by Crippen LogP contribution is -2.64. The smallest absolute Gasteiger partial charge is 0.427 e. The van der Waals surface area contributed by atoms with E-state index < -0.39 is 40.5 Å². The van der Waals surface area contributed by atoms with E-state index in [-0.39, 0.29) is 27.8 Å². The van der Waals surface area contributed by atoms with Crippen LogP contribution in [0.4, 0.5) is 18.0 Å². The number of H-pyrrole nitrogens is 1. The molecule has 38 heavy (non-hydrogen) atoms. The number of aromatic amines is 1. The Morgan fingerprint density at radius 3 is 1.97 bits per heavy atom. The van der Waals surface area contributed by atoms with Gasteiger partial charge in [0.1, 0.15) is 17.1 Å². The zero-order valence-electron chi connectivity index (χ0n) is 21.5. The van der Waals surface area contributed by atoms with Crippen molar-refractivity contribution in [2.75, 3.05) is 21.3 Å². The standard InChI is InChI=1S/C26H27F3N2O7/c1-24(2,3)38-23(34)31-25(22(33)37-6,26(27,28)29)20-19(14-7-9-15(35-4)10-8-14)17-13-16(36-5)11-12-18(17)30-21(20)32/h7-13H,1-6H3,(H,30,32)(H,31,34). The fraction of sp³-hybridized carbons (Fsp3) is 0.346. The van der Waals surface area contributed by atoms with Gasteiger partial charge in [0.05, 0.1) is 26.9 Å². The third kappa shape index (κ3) is 5.24. The number of alkyl carbamates (subject to hydrolysis) is 1. The van der Waals surface area contributed by atoms with E-state index in [2.05, 4.69) is 9.72 Å². The summed E-state index contributed by atoms with van der Waals surface area (Å²) < 4.78 is 65.2. The summed E-state index contributed by atoms with van der Waals surface area (Å²) in [5, 5.41) is 1.73. The second-order valence-electron chi connectivity index (χ2n) is 9.21. The monoisotopic (exact) mass is 536 g/mol. The molecule has 0 saturated heterocycles. The molecule has 0 aliphatic carbocycles. The number of halogens is 3. The van der Waals surface area contributed by atoms with Crippen molar-refractivity contribution in [3.8, 4) is 22.6 Å². The fourth-order valence-corrected chi connectivity index (χ4v) is 3.97. The van der Waals surface area contributed by atoms with Crippen molar-refractivity contribution >= 4 is 23.0 Å². The maximum atomic E-state index is 15.1. The lowest BCUT2D eigenvalue weighted by Gasteiger charge is -2.35. The number of amides is 1. The first-order valence-electron chi connectivity index (χ1n) is 11.2. The topological polar surface area (TPSA) is 116 Å². The van der Waals surface area contributed by atoms with Crippen LogP contribution < -0.4 is 20.3 Å². The third-order valence-electron chi connectivity index (χ3n) is 5.58. The molecule has 2 N–H and O–H groups in total. The molecule has 204 valence electrons. The highest BCUT2D eigenvalue weighted by Gasteiger charge is 2.66. The van der Waals surface area contributed by atoms with Crippen molar-refractivity contribution in [2.45, 2.75) is 38.1 Å². The molecule has 0 bridgehead atoms. The highest BCUT2D eigenvalue weighted by Crippen LogP contribution is 2.45. The van der Waals surface area contributed by atoms with E-state index >= 15 is 13.2 Å². The first-order valence-corrected chi connectivity index (χ1v) is 11.2. The number of aromatic nitrogens is 1. The first-order chi connectivity index (χ1) is 17.7. The molecule has 0 aliphatic rings. The molecule has 3 aromatic rings. The summed E-state index contributed by atoms with van der Waals surface area (Å²) in [5.41, 5.74) is -7.59. The van der Waals surface area contributed by atoms with Gasteiger partial charge in [-0.1, -0.05) is 12.1 Å². The van der Waals surface area contributed by atoms with Crippen molar-refractivity contribution in [1.82, 2.24) is 10.3 Å². The molecule has 0 radical (unpaired) electrons. The molecule has 12 heteroatoms. The summed E-state index contributed by atoms with van der Waals surface area (Å²) in [6, 6.07) is 10.1. The second-order valence-corrected chi connectivity index (χ2v) is 9.21. The quantitative estimate of drug-likeness (QED) is 0.440. The van der Waals surface area contributed by atoms with Crippen molar-refractivity contribution in [3.05, 3.63) is 58.4 Å². The van der Waals surface area contributed by atoms with E-state index in [0.717, 1.165) is 0 Å². The molecule has 0 spiro atoms. The number of esters is 1. The zero-order chi connectivity index (χ0) is 28.5. The number of hydrogen-bond donors (Lipinski definition) is 2. The number of methoxy groups -OCH3 is 3. The van der Waals surface area contributed by atoms with E-state index in [1.165, 1.54) is 77.5 Å². The van der Waals surface area contributed by atoms with Gasteiger partial charge in [-0.05, 0) is 56.7 Å². The number of benzene rings is 2. The summed E-state index contributed by atoms with van der Waals surface area (Å²) >= 11 is 0. The minimum absolute atomic E-state index is 0.104. The largest absolute Gasteiger partial charge is 0.497 e. The number of rotatable bonds is 6. The average molecular weight is 537 g/mol. The molecule has 0 aliphatic heterocycles. The molecular weight excluding hydrogens is 509 g/mol. The molecule has 1 heterocycles. The minimum atomic E-state index is -5.56. The van der Waals surface area contributed by atoms with Gasteiger partial charge in [0.25, 0.3) is 11.1 Å². The van der Waals surface area contributed by atoms with Gasteiger partial charge in [0.2, 0.25) is 0 Å². The van der Waals surface area contributed by atoms with Crippen LogP contribution in [0, 0.1) is 0 Å². The Bertz CT molecular complexity index is 1410. The van der Waals surface area contributed by atoms with Crippen LogP contribution in [0.2, 0.25) is 0 Å². The number of fused-ring (bicyclic) bond motifs is 1. The van der Waals surface area contributed by atoms with E-state index in [1.807, 2.05) is 0 Å². The molecule has 1 aromatic heterocycles. The number of carbonyl (C=O) groups is 2. The van der Waals surface area contributed by atoms with Gasteiger partial charge in [-0.2, -0.15) is 13.2 Å². The molecule has 1 unspecified atom stereocenters. The normalized spacial score (nSPS) is 13.4. The predicted molar refractivity (Wildman–Crippen MR) is 132 cm³/mol. The van der Waals surface area contributed by atoms with Crippen LogP contribution in [-0.4, -0.2) is 50.2 Å². The predicted octanol–water partition coefficient (Wildman–Crippen LogP) is 4.67. The number of carbonyl (C=O) groups excluding carboxylic acids is 2. The Hall–Kier alpha value is -4.22. The van der Waals surface area contributed by atoms with Crippen molar-refractivity contribution in [2.24, 2.45) is 0 Å². The highest BCUT2D eigenvalue weighted by atomic mass is 19.4. The zero-order valence-corrected chi connectivity index (χ0v) is 21.5. The summed E-state index contributed by atoms with van der Waals surface area (Å²) in [6.45, 7) is 4.29. The van der Waals surface area contributed by atoms with Crippen LogP contribution in [0.1, 0.15) is 26.3 Å². The number of pyridine rings is 1. The van der Waals surface area contributed by atoms with Crippen LogP contribution in [-0.2, 0) is 19.8 Å². The lowest BCUT2D eigenvalue weighted by atomic mass is 9.82. The Balaban J connectivity index is 2.55. The molecule has 0 fully saturated rings. The second kappa shape index (κ2) is 10.3. The Labute approximate surface area is 215 Å². The van der Waals surface area contributed by atoms with E-state index in [1.54, 1.807) is 5.32 Å². The van der Waals surface area contributed by atoms with Gasteiger partial charge in [0, 0.05) is 16.5 Å². The molecule has 0 saturated carbocycles. The molecule has 2 aromatic carbocycles. The van der Waals surface area contributed by atoms with Crippen molar-refractivity contribution < 1.29 is 41.7 Å². The van der Waals surface area contributed by atoms with E-state index in [4.69, 9.17) is 14.2 Å². The molecule has 9 nitrogen and oxygen atoms in total. The van der Waals surface area contributed by atoms with Crippen LogP contribution >= 0.6 is 0 Å². The number of ether oxygens (including phenoxy) is 4. The van der Waals surface area contributed by atoms with Gasteiger partial charge in [-0.15, -0.1) is 0 Å². The summed E-state index contributed by atoms with van der Waals surface area (Å²) in [4.78, 5) is 41.7. The third-order valence-corrected chi connectivity index (χ3v) is 5.58. The fourth-order valence-electron chi connectivity index (χ4n) is 3.97. The van der Waals surface area contributed by atoms with Gasteiger partial charge in [-0.25, -0.2) is 9.59 Å². The molecule has 1 amide bonds. The van der Waals surface area contributed by atoms with Crippen LogP contribution in [0.3, 0.4) is 0 Å². The molecular formula is C26H27F3N2O7. The number of nitrogens with one attached hydrogen (secondary N) is 2. The summed E-state index contributed by atoms with van der Waals surface area (Å²) in [7, 11) is 3.48. The van der Waals surface area contributed by atoms with Crippen molar-refractivity contribution in [1.29, 1.82) is 0 Å². The summed E-state index contributed by atoms with van der Waals surface area (Å²) in [5.74, 6) is -1.29.